The summed E-state index contributed by atoms with van der Waals surface area (Å²) in [4.78, 5) is 28.4. The van der Waals surface area contributed by atoms with Crippen molar-refractivity contribution in [2.45, 2.75) is 33.7 Å². The normalized spacial score (nSPS) is 16.8. The fourth-order valence-corrected chi connectivity index (χ4v) is 4.79. The largest absolute Gasteiger partial charge is 0.507 e. The van der Waals surface area contributed by atoms with Gasteiger partial charge in [-0.3, -0.25) is 14.5 Å². The lowest BCUT2D eigenvalue weighted by atomic mass is 9.92. The van der Waals surface area contributed by atoms with Crippen molar-refractivity contribution in [1.82, 2.24) is 0 Å². The van der Waals surface area contributed by atoms with E-state index < -0.39 is 17.7 Å². The Labute approximate surface area is 220 Å². The number of phenols is 1. The quantitative estimate of drug-likeness (QED) is 0.234. The molecule has 3 aromatic carbocycles. The molecule has 7 nitrogen and oxygen atoms in total. The summed E-state index contributed by atoms with van der Waals surface area (Å²) in [6.07, 6.45) is 0. The number of anilines is 1. The van der Waals surface area contributed by atoms with Crippen LogP contribution in [0.1, 0.15) is 40.8 Å². The first-order valence-electron chi connectivity index (χ1n) is 11.8. The number of aliphatic hydroxyl groups excluding tert-OH is 1. The standard InChI is InChI=1S/C29H28ClNO6/c1-6-37-24-13-18(8-10-22(24)32)26-25(27(33)20-11-17(4)23(36-5)12-16(20)3)28(34)29(35)31(26)21-14-19(30)9-7-15(21)2/h7-14,26,32-33H,6H2,1-5H3/b27-25+. The number of amides is 1. The van der Waals surface area contributed by atoms with E-state index in [1.165, 1.54) is 11.0 Å². The Kier molecular flexibility index (Phi) is 7.18. The Morgan fingerprint density at radius 2 is 1.70 bits per heavy atom. The molecule has 0 aliphatic carbocycles. The molecule has 1 fully saturated rings. The molecule has 1 unspecified atom stereocenters. The van der Waals surface area contributed by atoms with Gasteiger partial charge in [-0.2, -0.15) is 0 Å². The second-order valence-electron chi connectivity index (χ2n) is 8.90. The summed E-state index contributed by atoms with van der Waals surface area (Å²) < 4.78 is 10.9. The van der Waals surface area contributed by atoms with Gasteiger partial charge in [0.1, 0.15) is 11.5 Å². The Morgan fingerprint density at radius 3 is 2.38 bits per heavy atom. The fourth-order valence-electron chi connectivity index (χ4n) is 4.62. The van der Waals surface area contributed by atoms with Gasteiger partial charge < -0.3 is 19.7 Å². The Bertz CT molecular complexity index is 1440. The van der Waals surface area contributed by atoms with E-state index in [0.717, 1.165) is 11.1 Å². The third kappa shape index (κ3) is 4.62. The summed E-state index contributed by atoms with van der Waals surface area (Å²) in [6, 6.07) is 12.2. The van der Waals surface area contributed by atoms with Crippen LogP contribution in [0.25, 0.3) is 5.76 Å². The number of carbonyl (C=O) groups is 2. The van der Waals surface area contributed by atoms with Crippen LogP contribution in [0.2, 0.25) is 5.02 Å². The van der Waals surface area contributed by atoms with Crippen LogP contribution in [0.3, 0.4) is 0 Å². The molecule has 8 heteroatoms. The first-order valence-corrected chi connectivity index (χ1v) is 12.1. The van der Waals surface area contributed by atoms with E-state index in [0.29, 0.717) is 39.8 Å². The highest BCUT2D eigenvalue weighted by Crippen LogP contribution is 2.45. The molecule has 0 radical (unpaired) electrons. The van der Waals surface area contributed by atoms with E-state index in [1.54, 1.807) is 63.4 Å². The lowest BCUT2D eigenvalue weighted by molar-refractivity contribution is -0.132. The van der Waals surface area contributed by atoms with E-state index >= 15 is 0 Å². The molecule has 37 heavy (non-hydrogen) atoms. The molecule has 192 valence electrons. The SMILES string of the molecule is CCOc1cc(C2/C(=C(\O)c3cc(C)c(OC)cc3C)C(=O)C(=O)N2c2cc(Cl)ccc2C)ccc1O. The van der Waals surface area contributed by atoms with Crippen LogP contribution in [0.15, 0.2) is 54.1 Å². The van der Waals surface area contributed by atoms with E-state index in [9.17, 15) is 19.8 Å². The van der Waals surface area contributed by atoms with Gasteiger partial charge in [-0.05, 0) is 86.3 Å². The van der Waals surface area contributed by atoms with E-state index in [1.807, 2.05) is 13.8 Å². The first kappa shape index (κ1) is 26.1. The molecule has 1 aliphatic rings. The number of halogens is 1. The minimum absolute atomic E-state index is 0.0785. The van der Waals surface area contributed by atoms with Crippen LogP contribution in [-0.4, -0.2) is 35.6 Å². The molecule has 1 heterocycles. The molecular weight excluding hydrogens is 494 g/mol. The zero-order valence-corrected chi connectivity index (χ0v) is 22.0. The summed E-state index contributed by atoms with van der Waals surface area (Å²) in [6.45, 7) is 7.50. The summed E-state index contributed by atoms with van der Waals surface area (Å²) in [5.41, 5.74) is 3.39. The molecule has 0 spiro atoms. The highest BCUT2D eigenvalue weighted by atomic mass is 35.5. The van der Waals surface area contributed by atoms with E-state index in [4.69, 9.17) is 21.1 Å². The topological polar surface area (TPSA) is 96.3 Å². The van der Waals surface area contributed by atoms with Crippen LogP contribution in [0, 0.1) is 20.8 Å². The molecule has 2 N–H and O–H groups in total. The Balaban J connectivity index is 2.02. The number of hydrogen-bond acceptors (Lipinski definition) is 6. The average molecular weight is 522 g/mol. The number of methoxy groups -OCH3 is 1. The number of aryl methyl sites for hydroxylation is 3. The number of aliphatic hydroxyl groups is 1. The number of carbonyl (C=O) groups excluding carboxylic acids is 2. The first-order chi connectivity index (χ1) is 17.6. The van der Waals surface area contributed by atoms with Gasteiger partial charge in [0.2, 0.25) is 0 Å². The van der Waals surface area contributed by atoms with Crippen molar-refractivity contribution in [3.05, 3.63) is 86.9 Å². The van der Waals surface area contributed by atoms with Crippen molar-refractivity contribution < 1.29 is 29.3 Å². The van der Waals surface area contributed by atoms with Crippen molar-refractivity contribution in [2.75, 3.05) is 18.6 Å². The van der Waals surface area contributed by atoms with Gasteiger partial charge in [0.25, 0.3) is 11.7 Å². The fraction of sp³-hybridized carbons (Fsp3) is 0.241. The average Bonchev–Trinajstić information content (AvgIpc) is 3.13. The van der Waals surface area contributed by atoms with Gasteiger partial charge in [0, 0.05) is 16.3 Å². The molecular formula is C29H28ClNO6. The maximum Gasteiger partial charge on any atom is 0.300 e. The molecule has 0 saturated carbocycles. The lowest BCUT2D eigenvalue weighted by Gasteiger charge is -2.27. The minimum Gasteiger partial charge on any atom is -0.507 e. The zero-order valence-electron chi connectivity index (χ0n) is 21.3. The van der Waals surface area contributed by atoms with E-state index in [-0.39, 0.29) is 22.8 Å². The van der Waals surface area contributed by atoms with Crippen molar-refractivity contribution >= 4 is 34.7 Å². The molecule has 1 saturated heterocycles. The maximum absolute atomic E-state index is 13.5. The highest BCUT2D eigenvalue weighted by molar-refractivity contribution is 6.52. The van der Waals surface area contributed by atoms with Gasteiger partial charge in [0.05, 0.1) is 25.3 Å². The minimum atomic E-state index is -1.00. The number of ether oxygens (including phenoxy) is 2. The van der Waals surface area contributed by atoms with Gasteiger partial charge in [-0.1, -0.05) is 23.7 Å². The molecule has 3 aromatic rings. The number of rotatable bonds is 6. The smallest absolute Gasteiger partial charge is 0.300 e. The lowest BCUT2D eigenvalue weighted by Crippen LogP contribution is -2.30. The number of nitrogens with zero attached hydrogens (tertiary/aromatic N) is 1. The molecule has 1 amide bonds. The number of benzene rings is 3. The third-order valence-electron chi connectivity index (χ3n) is 6.47. The number of ketones is 1. The van der Waals surface area contributed by atoms with Crippen molar-refractivity contribution in [3.63, 3.8) is 0 Å². The second kappa shape index (κ2) is 10.2. The summed E-state index contributed by atoms with van der Waals surface area (Å²) in [5, 5.41) is 22.2. The second-order valence-corrected chi connectivity index (χ2v) is 9.33. The Hall–Kier alpha value is -3.97. The van der Waals surface area contributed by atoms with Crippen LogP contribution in [0.4, 0.5) is 5.69 Å². The van der Waals surface area contributed by atoms with Crippen LogP contribution in [-0.2, 0) is 9.59 Å². The van der Waals surface area contributed by atoms with Crippen LogP contribution in [0.5, 0.6) is 17.2 Å². The van der Waals surface area contributed by atoms with Crippen molar-refractivity contribution in [1.29, 1.82) is 0 Å². The van der Waals surface area contributed by atoms with Gasteiger partial charge in [-0.15, -0.1) is 0 Å². The van der Waals surface area contributed by atoms with Crippen molar-refractivity contribution in [2.24, 2.45) is 0 Å². The molecule has 1 aliphatic heterocycles. The predicted molar refractivity (Wildman–Crippen MR) is 143 cm³/mol. The van der Waals surface area contributed by atoms with Crippen LogP contribution >= 0.6 is 11.6 Å². The molecule has 0 aromatic heterocycles. The third-order valence-corrected chi connectivity index (χ3v) is 6.71. The number of hydrogen-bond donors (Lipinski definition) is 2. The zero-order chi connectivity index (χ0) is 27.0. The summed E-state index contributed by atoms with van der Waals surface area (Å²) in [5.74, 6) is -1.18. The predicted octanol–water partition coefficient (Wildman–Crippen LogP) is 6.00. The van der Waals surface area contributed by atoms with Gasteiger partial charge in [0.15, 0.2) is 11.5 Å². The number of phenolic OH excluding ortho intramolecular Hbond substituents is 1. The van der Waals surface area contributed by atoms with Gasteiger partial charge in [-0.25, -0.2) is 0 Å². The molecule has 4 rings (SSSR count). The monoisotopic (exact) mass is 521 g/mol. The van der Waals surface area contributed by atoms with Crippen LogP contribution < -0.4 is 14.4 Å². The Morgan fingerprint density at radius 1 is 0.973 bits per heavy atom. The van der Waals surface area contributed by atoms with Crippen molar-refractivity contribution in [3.8, 4) is 17.2 Å². The maximum atomic E-state index is 13.5. The summed E-state index contributed by atoms with van der Waals surface area (Å²) in [7, 11) is 1.56. The molecule has 1 atom stereocenters. The molecule has 0 bridgehead atoms. The summed E-state index contributed by atoms with van der Waals surface area (Å²) >= 11 is 6.27. The highest BCUT2D eigenvalue weighted by Gasteiger charge is 2.47. The number of aromatic hydroxyl groups is 1. The van der Waals surface area contributed by atoms with Gasteiger partial charge >= 0.3 is 0 Å². The van der Waals surface area contributed by atoms with E-state index in [2.05, 4.69) is 0 Å². The number of Topliss-reactive ketones (excluding diaryl/α,β-unsaturated/α-hetero) is 1.